The Bertz CT molecular complexity index is 274. The molecule has 1 aromatic carbocycles. The lowest BCUT2D eigenvalue weighted by atomic mass is 10.1. The number of aldehydes is 1. The highest BCUT2D eigenvalue weighted by molar-refractivity contribution is 9.08. The van der Waals surface area contributed by atoms with Crippen LogP contribution in [-0.4, -0.2) is 6.29 Å². The molecule has 0 radical (unpaired) electrons. The predicted molar refractivity (Wildman–Crippen MR) is 54.2 cm³/mol. The maximum absolute atomic E-state index is 10.0. The van der Waals surface area contributed by atoms with E-state index in [0.29, 0.717) is 0 Å². The average molecular weight is 225 g/mol. The number of benzene rings is 1. The van der Waals surface area contributed by atoms with E-state index in [4.69, 9.17) is 0 Å². The van der Waals surface area contributed by atoms with E-state index in [1.807, 2.05) is 24.3 Å². The Morgan fingerprint density at radius 1 is 1.25 bits per heavy atom. The number of hydrogen-bond donors (Lipinski definition) is 0. The Morgan fingerprint density at radius 2 is 1.92 bits per heavy atom. The molecule has 1 aromatic rings. The summed E-state index contributed by atoms with van der Waals surface area (Å²) in [6.45, 7) is 0. The van der Waals surface area contributed by atoms with Crippen molar-refractivity contribution in [2.75, 3.05) is 0 Å². The van der Waals surface area contributed by atoms with Gasteiger partial charge < -0.3 is 0 Å². The standard InChI is InChI=1S/C10H9BrO/c11-8-10-5-3-9(4-6-10)2-1-7-12/h1-7H,8H2. The summed E-state index contributed by atoms with van der Waals surface area (Å²) in [4.78, 5) is 10.0. The van der Waals surface area contributed by atoms with Gasteiger partial charge in [0.15, 0.2) is 0 Å². The van der Waals surface area contributed by atoms with Crippen molar-refractivity contribution < 1.29 is 4.79 Å². The first-order valence-electron chi connectivity index (χ1n) is 3.63. The van der Waals surface area contributed by atoms with Gasteiger partial charge in [-0.2, -0.15) is 0 Å². The molecule has 0 aliphatic rings. The van der Waals surface area contributed by atoms with Gasteiger partial charge in [0.2, 0.25) is 0 Å². The molecule has 62 valence electrons. The molecule has 0 saturated heterocycles. The summed E-state index contributed by atoms with van der Waals surface area (Å²) in [7, 11) is 0. The molecule has 0 spiro atoms. The minimum absolute atomic E-state index is 0.776. The van der Waals surface area contributed by atoms with Crippen LogP contribution in [0.4, 0.5) is 0 Å². The van der Waals surface area contributed by atoms with Crippen LogP contribution >= 0.6 is 15.9 Å². The van der Waals surface area contributed by atoms with Crippen molar-refractivity contribution in [3.05, 3.63) is 41.5 Å². The Balaban J connectivity index is 2.77. The summed E-state index contributed by atoms with van der Waals surface area (Å²) in [5, 5.41) is 0.866. The fourth-order valence-electron chi connectivity index (χ4n) is 0.868. The third-order valence-corrected chi connectivity index (χ3v) is 2.15. The highest BCUT2D eigenvalue weighted by Crippen LogP contribution is 2.08. The van der Waals surface area contributed by atoms with E-state index in [0.717, 1.165) is 17.2 Å². The molecule has 0 unspecified atom stereocenters. The van der Waals surface area contributed by atoms with Crippen LogP contribution in [0.15, 0.2) is 30.3 Å². The summed E-state index contributed by atoms with van der Waals surface area (Å²) in [6, 6.07) is 8.02. The lowest BCUT2D eigenvalue weighted by Crippen LogP contribution is -1.77. The van der Waals surface area contributed by atoms with Crippen LogP contribution in [0.1, 0.15) is 11.1 Å². The van der Waals surface area contributed by atoms with Gasteiger partial charge in [-0.25, -0.2) is 0 Å². The van der Waals surface area contributed by atoms with E-state index in [9.17, 15) is 4.79 Å². The molecule has 0 heterocycles. The summed E-state index contributed by atoms with van der Waals surface area (Å²) in [5.41, 5.74) is 2.28. The highest BCUT2D eigenvalue weighted by atomic mass is 79.9. The van der Waals surface area contributed by atoms with E-state index in [2.05, 4.69) is 15.9 Å². The Hall–Kier alpha value is -0.890. The predicted octanol–water partition coefficient (Wildman–Crippen LogP) is 2.79. The number of alkyl halides is 1. The smallest absolute Gasteiger partial charge is 0.142 e. The minimum atomic E-state index is 0.776. The Kier molecular flexibility index (Phi) is 3.74. The topological polar surface area (TPSA) is 17.1 Å². The van der Waals surface area contributed by atoms with Gasteiger partial charge in [-0.3, -0.25) is 4.79 Å². The van der Waals surface area contributed by atoms with Crippen molar-refractivity contribution in [1.82, 2.24) is 0 Å². The van der Waals surface area contributed by atoms with Gasteiger partial charge in [0.25, 0.3) is 0 Å². The van der Waals surface area contributed by atoms with Crippen molar-refractivity contribution in [2.24, 2.45) is 0 Å². The van der Waals surface area contributed by atoms with Crippen LogP contribution in [0, 0.1) is 0 Å². The van der Waals surface area contributed by atoms with Crippen LogP contribution in [-0.2, 0) is 10.1 Å². The first kappa shape index (κ1) is 9.20. The molecule has 0 saturated carbocycles. The summed E-state index contributed by atoms with van der Waals surface area (Å²) >= 11 is 3.36. The molecule has 1 rings (SSSR count). The van der Waals surface area contributed by atoms with Gasteiger partial charge in [-0.05, 0) is 17.2 Å². The summed E-state index contributed by atoms with van der Waals surface area (Å²) in [5.74, 6) is 0. The van der Waals surface area contributed by atoms with Crippen molar-refractivity contribution in [3.8, 4) is 0 Å². The molecule has 0 N–H and O–H groups in total. The van der Waals surface area contributed by atoms with Crippen molar-refractivity contribution in [1.29, 1.82) is 0 Å². The van der Waals surface area contributed by atoms with Crippen LogP contribution in [0.3, 0.4) is 0 Å². The second-order valence-electron chi connectivity index (χ2n) is 2.37. The number of halogens is 1. The maximum Gasteiger partial charge on any atom is 0.142 e. The lowest BCUT2D eigenvalue weighted by Gasteiger charge is -1.95. The van der Waals surface area contributed by atoms with E-state index < -0.39 is 0 Å². The zero-order chi connectivity index (χ0) is 8.81. The van der Waals surface area contributed by atoms with Gasteiger partial charge in [-0.15, -0.1) is 0 Å². The molecule has 0 fully saturated rings. The fraction of sp³-hybridized carbons (Fsp3) is 0.100. The zero-order valence-electron chi connectivity index (χ0n) is 6.53. The molecule has 0 aromatic heterocycles. The van der Waals surface area contributed by atoms with Gasteiger partial charge in [0.1, 0.15) is 6.29 Å². The van der Waals surface area contributed by atoms with Crippen LogP contribution < -0.4 is 0 Å². The first-order valence-corrected chi connectivity index (χ1v) is 4.75. The molecule has 0 atom stereocenters. The largest absolute Gasteiger partial charge is 0.299 e. The minimum Gasteiger partial charge on any atom is -0.299 e. The van der Waals surface area contributed by atoms with Crippen LogP contribution in [0.25, 0.3) is 6.08 Å². The second-order valence-corrected chi connectivity index (χ2v) is 2.93. The number of hydrogen-bond acceptors (Lipinski definition) is 1. The van der Waals surface area contributed by atoms with E-state index >= 15 is 0 Å². The monoisotopic (exact) mass is 224 g/mol. The third kappa shape index (κ3) is 2.62. The molecule has 0 aliphatic heterocycles. The fourth-order valence-corrected chi connectivity index (χ4v) is 1.24. The molecule has 2 heteroatoms. The summed E-state index contributed by atoms with van der Waals surface area (Å²) < 4.78 is 0. The maximum atomic E-state index is 10.0. The normalized spacial score (nSPS) is 10.4. The molecule has 0 bridgehead atoms. The molecular weight excluding hydrogens is 216 g/mol. The Labute approximate surface area is 80.2 Å². The first-order chi connectivity index (χ1) is 5.86. The van der Waals surface area contributed by atoms with E-state index in [1.165, 1.54) is 11.6 Å². The molecule has 12 heavy (non-hydrogen) atoms. The van der Waals surface area contributed by atoms with Crippen LogP contribution in [0.2, 0.25) is 0 Å². The zero-order valence-corrected chi connectivity index (χ0v) is 8.12. The van der Waals surface area contributed by atoms with Crippen molar-refractivity contribution >= 4 is 28.3 Å². The molecule has 0 amide bonds. The molecule has 1 nitrogen and oxygen atoms in total. The quantitative estimate of drug-likeness (QED) is 0.439. The van der Waals surface area contributed by atoms with Crippen molar-refractivity contribution in [3.63, 3.8) is 0 Å². The highest BCUT2D eigenvalue weighted by Gasteiger charge is 1.88. The van der Waals surface area contributed by atoms with Gasteiger partial charge in [0.05, 0.1) is 0 Å². The number of allylic oxidation sites excluding steroid dienone is 1. The second kappa shape index (κ2) is 4.88. The average Bonchev–Trinajstić information content (AvgIpc) is 2.15. The van der Waals surface area contributed by atoms with Crippen molar-refractivity contribution in [2.45, 2.75) is 5.33 Å². The number of rotatable bonds is 3. The number of carbonyl (C=O) groups is 1. The van der Waals surface area contributed by atoms with E-state index in [1.54, 1.807) is 6.08 Å². The summed E-state index contributed by atoms with van der Waals surface area (Å²) in [6.07, 6.45) is 4.05. The van der Waals surface area contributed by atoms with Crippen LogP contribution in [0.5, 0.6) is 0 Å². The SMILES string of the molecule is O=CC=Cc1ccc(CBr)cc1. The third-order valence-electron chi connectivity index (χ3n) is 1.50. The van der Waals surface area contributed by atoms with Gasteiger partial charge in [-0.1, -0.05) is 46.3 Å². The van der Waals surface area contributed by atoms with E-state index in [-0.39, 0.29) is 0 Å². The Morgan fingerprint density at radius 3 is 2.42 bits per heavy atom. The lowest BCUT2D eigenvalue weighted by molar-refractivity contribution is -0.104. The number of carbonyl (C=O) groups excluding carboxylic acids is 1. The molecular formula is C10H9BrO. The van der Waals surface area contributed by atoms with Gasteiger partial charge in [0, 0.05) is 5.33 Å². The van der Waals surface area contributed by atoms with Gasteiger partial charge >= 0.3 is 0 Å². The molecule has 0 aliphatic carbocycles.